The minimum atomic E-state index is -0.218. The molecule has 2 aliphatic rings. The number of aromatic nitrogens is 3. The second-order valence-electron chi connectivity index (χ2n) is 8.32. The van der Waals surface area contributed by atoms with Crippen molar-refractivity contribution >= 4 is 23.4 Å². The van der Waals surface area contributed by atoms with E-state index in [-0.39, 0.29) is 6.03 Å². The number of morpholine rings is 1. The first-order valence-electron chi connectivity index (χ1n) is 11.7. The van der Waals surface area contributed by atoms with Crippen LogP contribution in [0.3, 0.4) is 0 Å². The van der Waals surface area contributed by atoms with Gasteiger partial charge in [-0.2, -0.15) is 0 Å². The highest BCUT2D eigenvalue weighted by Crippen LogP contribution is 2.31. The van der Waals surface area contributed by atoms with E-state index in [2.05, 4.69) is 25.4 Å². The summed E-state index contributed by atoms with van der Waals surface area (Å²) in [6.45, 7) is 7.08. The Morgan fingerprint density at radius 3 is 2.59 bits per heavy atom. The highest BCUT2D eigenvalue weighted by molar-refractivity contribution is 5.89. The van der Waals surface area contributed by atoms with E-state index >= 15 is 0 Å². The van der Waals surface area contributed by atoms with Crippen molar-refractivity contribution in [2.45, 2.75) is 19.9 Å². The molecule has 9 nitrogen and oxygen atoms in total. The summed E-state index contributed by atoms with van der Waals surface area (Å²) in [5, 5.41) is 5.57. The Morgan fingerprint density at radius 1 is 1.03 bits per heavy atom. The molecule has 0 saturated carbocycles. The number of amides is 2. The SMILES string of the molecule is CCNC(=O)Nc1ccc(-c2nc3c(c(N4CCOCC4)n2)CCN(c2ccccn2)C3)cc1. The van der Waals surface area contributed by atoms with Gasteiger partial charge in [0, 0.05) is 49.2 Å². The molecule has 1 saturated heterocycles. The number of carbonyl (C=O) groups is 1. The molecule has 5 rings (SSSR count). The number of hydrogen-bond donors (Lipinski definition) is 2. The Balaban J connectivity index is 1.47. The van der Waals surface area contributed by atoms with Crippen molar-refractivity contribution in [3.63, 3.8) is 0 Å². The first-order valence-corrected chi connectivity index (χ1v) is 11.7. The van der Waals surface area contributed by atoms with Crippen LogP contribution in [0.5, 0.6) is 0 Å². The van der Waals surface area contributed by atoms with Gasteiger partial charge in [0.25, 0.3) is 0 Å². The Hall–Kier alpha value is -3.72. The summed E-state index contributed by atoms with van der Waals surface area (Å²) in [6.07, 6.45) is 2.69. The molecule has 1 fully saturated rings. The summed E-state index contributed by atoms with van der Waals surface area (Å²) in [5.41, 5.74) is 3.89. The zero-order valence-corrected chi connectivity index (χ0v) is 19.3. The van der Waals surface area contributed by atoms with Gasteiger partial charge in [0.2, 0.25) is 0 Å². The highest BCUT2D eigenvalue weighted by Gasteiger charge is 2.27. The van der Waals surface area contributed by atoms with Crippen molar-refractivity contribution in [1.29, 1.82) is 0 Å². The molecule has 2 amide bonds. The molecule has 4 heterocycles. The number of rotatable bonds is 5. The predicted molar refractivity (Wildman–Crippen MR) is 132 cm³/mol. The fourth-order valence-corrected chi connectivity index (χ4v) is 4.35. The van der Waals surface area contributed by atoms with E-state index in [4.69, 9.17) is 14.7 Å². The third-order valence-corrected chi connectivity index (χ3v) is 6.07. The van der Waals surface area contributed by atoms with E-state index in [0.29, 0.717) is 32.1 Å². The second kappa shape index (κ2) is 10.0. The van der Waals surface area contributed by atoms with Gasteiger partial charge >= 0.3 is 6.03 Å². The first kappa shape index (κ1) is 22.1. The van der Waals surface area contributed by atoms with Gasteiger partial charge in [-0.15, -0.1) is 0 Å². The van der Waals surface area contributed by atoms with Crippen LogP contribution >= 0.6 is 0 Å². The average molecular weight is 460 g/mol. The van der Waals surface area contributed by atoms with Gasteiger partial charge in [-0.3, -0.25) is 0 Å². The molecule has 0 atom stereocenters. The second-order valence-corrected chi connectivity index (χ2v) is 8.32. The van der Waals surface area contributed by atoms with E-state index in [1.165, 1.54) is 5.56 Å². The number of nitrogens with one attached hydrogen (secondary N) is 2. The number of urea groups is 1. The molecule has 1 aromatic carbocycles. The van der Waals surface area contributed by atoms with Crippen molar-refractivity contribution in [3.05, 3.63) is 59.9 Å². The predicted octanol–water partition coefficient (Wildman–Crippen LogP) is 3.08. The van der Waals surface area contributed by atoms with Crippen molar-refractivity contribution in [1.82, 2.24) is 20.3 Å². The molecule has 0 radical (unpaired) electrons. The summed E-state index contributed by atoms with van der Waals surface area (Å²) in [7, 11) is 0. The molecule has 2 aliphatic heterocycles. The molecule has 176 valence electrons. The van der Waals surface area contributed by atoms with Gasteiger partial charge in [-0.1, -0.05) is 6.07 Å². The average Bonchev–Trinajstić information content (AvgIpc) is 2.89. The molecular weight excluding hydrogens is 430 g/mol. The topological polar surface area (TPSA) is 95.5 Å². The molecule has 2 N–H and O–H groups in total. The van der Waals surface area contributed by atoms with Crippen LogP contribution in [0.1, 0.15) is 18.2 Å². The molecule has 2 aromatic heterocycles. The molecule has 3 aromatic rings. The van der Waals surface area contributed by atoms with Crippen LogP contribution in [-0.4, -0.2) is 60.4 Å². The van der Waals surface area contributed by atoms with Crippen molar-refractivity contribution in [2.75, 3.05) is 54.5 Å². The van der Waals surface area contributed by atoms with Crippen LogP contribution < -0.4 is 20.4 Å². The number of hydrogen-bond acceptors (Lipinski definition) is 7. The monoisotopic (exact) mass is 459 g/mol. The molecule has 9 heteroatoms. The number of fused-ring (bicyclic) bond motifs is 1. The molecule has 0 bridgehead atoms. The van der Waals surface area contributed by atoms with E-state index in [9.17, 15) is 4.79 Å². The number of carbonyl (C=O) groups excluding carboxylic acids is 1. The first-order chi connectivity index (χ1) is 16.7. The molecular formula is C25H29N7O2. The minimum Gasteiger partial charge on any atom is -0.378 e. The maximum absolute atomic E-state index is 11.8. The van der Waals surface area contributed by atoms with Crippen molar-refractivity contribution in [2.24, 2.45) is 0 Å². The quantitative estimate of drug-likeness (QED) is 0.605. The molecule has 0 spiro atoms. The standard InChI is InChI=1S/C25H29N7O2/c1-2-26-25(33)28-19-8-6-18(7-9-19)23-29-21-17-32(22-5-3-4-11-27-22)12-10-20(21)24(30-23)31-13-15-34-16-14-31/h3-9,11H,2,10,12-17H2,1H3,(H2,26,28,33). The van der Waals surface area contributed by atoms with E-state index in [1.807, 2.05) is 55.6 Å². The van der Waals surface area contributed by atoms with Gasteiger partial charge in [-0.25, -0.2) is 19.7 Å². The number of nitrogens with zero attached hydrogens (tertiary/aromatic N) is 5. The molecule has 34 heavy (non-hydrogen) atoms. The summed E-state index contributed by atoms with van der Waals surface area (Å²) in [4.78, 5) is 31.0. The third kappa shape index (κ3) is 4.79. The lowest BCUT2D eigenvalue weighted by molar-refractivity contribution is 0.122. The number of benzene rings is 1. The van der Waals surface area contributed by atoms with E-state index in [1.54, 1.807) is 0 Å². The smallest absolute Gasteiger partial charge is 0.319 e. The minimum absolute atomic E-state index is 0.218. The van der Waals surface area contributed by atoms with Gasteiger partial charge in [-0.05, 0) is 49.7 Å². The summed E-state index contributed by atoms with van der Waals surface area (Å²) >= 11 is 0. The normalized spacial score (nSPS) is 15.6. The lowest BCUT2D eigenvalue weighted by Gasteiger charge is -2.34. The van der Waals surface area contributed by atoms with Crippen LogP contribution in [0, 0.1) is 0 Å². The third-order valence-electron chi connectivity index (χ3n) is 6.07. The van der Waals surface area contributed by atoms with Crippen molar-refractivity contribution < 1.29 is 9.53 Å². The Morgan fingerprint density at radius 2 is 1.85 bits per heavy atom. The van der Waals surface area contributed by atoms with Crippen LogP contribution in [0.4, 0.5) is 22.1 Å². The number of anilines is 3. The number of ether oxygens (including phenoxy) is 1. The van der Waals surface area contributed by atoms with E-state index in [0.717, 1.165) is 54.6 Å². The zero-order chi connectivity index (χ0) is 23.3. The molecule has 0 unspecified atom stereocenters. The van der Waals surface area contributed by atoms with Gasteiger partial charge in [0.15, 0.2) is 5.82 Å². The zero-order valence-electron chi connectivity index (χ0n) is 19.3. The fourth-order valence-electron chi connectivity index (χ4n) is 4.35. The maximum atomic E-state index is 11.8. The van der Waals surface area contributed by atoms with Gasteiger partial charge in [0.05, 0.1) is 25.5 Å². The fraction of sp³-hybridized carbons (Fsp3) is 0.360. The largest absolute Gasteiger partial charge is 0.378 e. The lowest BCUT2D eigenvalue weighted by atomic mass is 10.0. The van der Waals surface area contributed by atoms with Crippen LogP contribution in [-0.2, 0) is 17.7 Å². The Labute approximate surface area is 199 Å². The summed E-state index contributed by atoms with van der Waals surface area (Å²) in [5.74, 6) is 2.66. The van der Waals surface area contributed by atoms with Crippen molar-refractivity contribution in [3.8, 4) is 11.4 Å². The van der Waals surface area contributed by atoms with E-state index < -0.39 is 0 Å². The lowest BCUT2D eigenvalue weighted by Crippen LogP contribution is -2.39. The Bertz CT molecular complexity index is 1130. The highest BCUT2D eigenvalue weighted by atomic mass is 16.5. The van der Waals surface area contributed by atoms with Gasteiger partial charge < -0.3 is 25.2 Å². The maximum Gasteiger partial charge on any atom is 0.319 e. The van der Waals surface area contributed by atoms with Crippen LogP contribution in [0.25, 0.3) is 11.4 Å². The number of pyridine rings is 1. The van der Waals surface area contributed by atoms with Crippen LogP contribution in [0.2, 0.25) is 0 Å². The van der Waals surface area contributed by atoms with Crippen LogP contribution in [0.15, 0.2) is 48.7 Å². The summed E-state index contributed by atoms with van der Waals surface area (Å²) in [6, 6.07) is 13.4. The van der Waals surface area contributed by atoms with Gasteiger partial charge in [0.1, 0.15) is 11.6 Å². The molecule has 0 aliphatic carbocycles. The summed E-state index contributed by atoms with van der Waals surface area (Å²) < 4.78 is 5.58. The Kier molecular flexibility index (Phi) is 6.53.